The molecule has 2 aliphatic rings. The molecule has 0 spiro atoms. The summed E-state index contributed by atoms with van der Waals surface area (Å²) in [5.41, 5.74) is 0.809. The van der Waals surface area contributed by atoms with Gasteiger partial charge in [0.1, 0.15) is 12.0 Å². The van der Waals surface area contributed by atoms with Crippen LogP contribution in [0.3, 0.4) is 0 Å². The van der Waals surface area contributed by atoms with E-state index >= 15 is 0 Å². The Bertz CT molecular complexity index is 585. The number of morpholine rings is 1. The lowest BCUT2D eigenvalue weighted by molar-refractivity contribution is -0.135. The van der Waals surface area contributed by atoms with Crippen molar-refractivity contribution in [2.24, 2.45) is 0 Å². The highest BCUT2D eigenvalue weighted by atomic mass is 19.1. The maximum absolute atomic E-state index is 13.0. The fraction of sp³-hybridized carbons (Fsp3) is 0.438. The van der Waals surface area contributed by atoms with E-state index in [2.05, 4.69) is 10.2 Å². The van der Waals surface area contributed by atoms with Crippen LogP contribution in [0, 0.1) is 5.82 Å². The Morgan fingerprint density at radius 1 is 1.26 bits per heavy atom. The van der Waals surface area contributed by atoms with Crippen molar-refractivity contribution in [3.05, 3.63) is 47.6 Å². The molecule has 3 rings (SSSR count). The molecule has 1 aromatic carbocycles. The highest BCUT2D eigenvalue weighted by Gasteiger charge is 2.31. The van der Waals surface area contributed by atoms with E-state index in [-0.39, 0.29) is 17.7 Å². The van der Waals surface area contributed by atoms with Crippen LogP contribution in [0.4, 0.5) is 4.39 Å². The number of hydrogen-bond donors (Lipinski definition) is 2. The summed E-state index contributed by atoms with van der Waals surface area (Å²) in [6.45, 7) is 3.93. The second-order valence-corrected chi connectivity index (χ2v) is 5.68. The molecular formula is C16H20FN3O3. The number of nitrogens with one attached hydrogen (secondary N) is 1. The zero-order chi connectivity index (χ0) is 16.2. The van der Waals surface area contributed by atoms with Crippen molar-refractivity contribution in [2.75, 3.05) is 32.8 Å². The van der Waals surface area contributed by atoms with Gasteiger partial charge in [0.05, 0.1) is 13.2 Å². The molecule has 1 saturated heterocycles. The van der Waals surface area contributed by atoms with E-state index in [0.29, 0.717) is 26.3 Å². The normalized spacial score (nSPS) is 22.7. The third-order valence-electron chi connectivity index (χ3n) is 4.07. The number of amides is 1. The van der Waals surface area contributed by atoms with E-state index in [9.17, 15) is 14.3 Å². The lowest BCUT2D eigenvalue weighted by atomic mass is 10.1. The molecule has 0 saturated carbocycles. The quantitative estimate of drug-likeness (QED) is 0.859. The first kappa shape index (κ1) is 15.8. The Morgan fingerprint density at radius 3 is 2.65 bits per heavy atom. The largest absolute Gasteiger partial charge is 0.502 e. The summed E-state index contributed by atoms with van der Waals surface area (Å²) in [5, 5.41) is 12.8. The smallest absolute Gasteiger partial charge is 0.292 e. The number of halogens is 1. The van der Waals surface area contributed by atoms with Gasteiger partial charge in [-0.05, 0) is 17.7 Å². The topological polar surface area (TPSA) is 65.0 Å². The zero-order valence-corrected chi connectivity index (χ0v) is 12.7. The minimum Gasteiger partial charge on any atom is -0.502 e. The molecule has 0 bridgehead atoms. The van der Waals surface area contributed by atoms with Crippen LogP contribution < -0.4 is 5.32 Å². The van der Waals surface area contributed by atoms with Crippen LogP contribution in [0.2, 0.25) is 0 Å². The van der Waals surface area contributed by atoms with Crippen LogP contribution in [0.15, 0.2) is 36.2 Å². The van der Waals surface area contributed by atoms with Crippen molar-refractivity contribution in [1.29, 1.82) is 0 Å². The molecule has 1 amide bonds. The Kier molecular flexibility index (Phi) is 4.78. The Morgan fingerprint density at radius 2 is 1.96 bits per heavy atom. The SMILES string of the molecule is O=C1C(O)=CNC(CN2CCOCC2)N1Cc1ccc(F)cc1. The molecule has 1 atom stereocenters. The van der Waals surface area contributed by atoms with Gasteiger partial charge in [-0.2, -0.15) is 0 Å². The van der Waals surface area contributed by atoms with E-state index in [1.807, 2.05) is 0 Å². The van der Waals surface area contributed by atoms with Gasteiger partial charge in [-0.25, -0.2) is 4.39 Å². The highest BCUT2D eigenvalue weighted by Crippen LogP contribution is 2.16. The van der Waals surface area contributed by atoms with Crippen molar-refractivity contribution in [2.45, 2.75) is 12.7 Å². The van der Waals surface area contributed by atoms with E-state index in [1.54, 1.807) is 17.0 Å². The summed E-state index contributed by atoms with van der Waals surface area (Å²) >= 11 is 0. The number of rotatable bonds is 4. The molecule has 2 N–H and O–H groups in total. The van der Waals surface area contributed by atoms with Crippen molar-refractivity contribution >= 4 is 5.91 Å². The molecule has 0 aromatic heterocycles. The average Bonchev–Trinajstić information content (AvgIpc) is 2.57. The molecule has 7 heteroatoms. The average molecular weight is 321 g/mol. The van der Waals surface area contributed by atoms with E-state index in [4.69, 9.17) is 4.74 Å². The maximum Gasteiger partial charge on any atom is 0.292 e. The maximum atomic E-state index is 13.0. The van der Waals surface area contributed by atoms with Crippen molar-refractivity contribution in [3.63, 3.8) is 0 Å². The van der Waals surface area contributed by atoms with Gasteiger partial charge < -0.3 is 20.1 Å². The van der Waals surface area contributed by atoms with Crippen LogP contribution in [0.5, 0.6) is 0 Å². The standard InChI is InChI=1S/C16H20FN3O3/c17-13-3-1-12(2-4-13)10-20-15(18-9-14(21)16(20)22)11-19-5-7-23-8-6-19/h1-4,9,15,18,21H,5-8,10-11H2. The highest BCUT2D eigenvalue weighted by molar-refractivity contribution is 5.91. The first-order chi connectivity index (χ1) is 11.1. The van der Waals surface area contributed by atoms with Gasteiger partial charge in [0.2, 0.25) is 0 Å². The summed E-state index contributed by atoms with van der Waals surface area (Å²) in [6, 6.07) is 6.02. The van der Waals surface area contributed by atoms with Crippen LogP contribution in [0.25, 0.3) is 0 Å². The van der Waals surface area contributed by atoms with Gasteiger partial charge in [-0.3, -0.25) is 9.69 Å². The first-order valence-electron chi connectivity index (χ1n) is 7.64. The van der Waals surface area contributed by atoms with Crippen LogP contribution in [0.1, 0.15) is 5.56 Å². The van der Waals surface area contributed by atoms with Gasteiger partial charge >= 0.3 is 0 Å². The first-order valence-corrected chi connectivity index (χ1v) is 7.64. The van der Waals surface area contributed by atoms with Gasteiger partial charge in [0, 0.05) is 32.4 Å². The van der Waals surface area contributed by atoms with Crippen molar-refractivity contribution in [1.82, 2.24) is 15.1 Å². The number of hydrogen-bond acceptors (Lipinski definition) is 5. The van der Waals surface area contributed by atoms with Crippen LogP contribution in [-0.4, -0.2) is 59.8 Å². The number of benzene rings is 1. The molecule has 2 aliphatic heterocycles. The summed E-state index contributed by atoms with van der Waals surface area (Å²) in [6.07, 6.45) is 1.09. The van der Waals surface area contributed by atoms with Gasteiger partial charge in [0.25, 0.3) is 5.91 Å². The van der Waals surface area contributed by atoms with Crippen molar-refractivity contribution < 1.29 is 19.0 Å². The molecular weight excluding hydrogens is 301 g/mol. The lowest BCUT2D eigenvalue weighted by Gasteiger charge is -2.38. The number of carbonyl (C=O) groups is 1. The molecule has 6 nitrogen and oxygen atoms in total. The fourth-order valence-corrected chi connectivity index (χ4v) is 2.76. The molecule has 124 valence electrons. The number of aliphatic hydroxyl groups excluding tert-OH is 1. The van der Waals surface area contributed by atoms with Gasteiger partial charge in [-0.15, -0.1) is 0 Å². The molecule has 23 heavy (non-hydrogen) atoms. The van der Waals surface area contributed by atoms with E-state index in [1.165, 1.54) is 18.3 Å². The summed E-state index contributed by atoms with van der Waals surface area (Å²) in [7, 11) is 0. The Balaban J connectivity index is 1.72. The second kappa shape index (κ2) is 6.97. The molecule has 0 radical (unpaired) electrons. The summed E-state index contributed by atoms with van der Waals surface area (Å²) < 4.78 is 18.4. The van der Waals surface area contributed by atoms with Gasteiger partial charge in [0.15, 0.2) is 5.76 Å². The summed E-state index contributed by atoms with van der Waals surface area (Å²) in [4.78, 5) is 16.1. The second-order valence-electron chi connectivity index (χ2n) is 5.68. The van der Waals surface area contributed by atoms with Crippen LogP contribution >= 0.6 is 0 Å². The predicted octanol–water partition coefficient (Wildman–Crippen LogP) is 0.815. The van der Waals surface area contributed by atoms with E-state index in [0.717, 1.165) is 18.7 Å². The number of aliphatic hydroxyl groups is 1. The third-order valence-corrected chi connectivity index (χ3v) is 4.07. The molecule has 1 unspecified atom stereocenters. The van der Waals surface area contributed by atoms with Crippen LogP contribution in [-0.2, 0) is 16.1 Å². The molecule has 0 aliphatic carbocycles. The monoisotopic (exact) mass is 321 g/mol. The fourth-order valence-electron chi connectivity index (χ4n) is 2.76. The lowest BCUT2D eigenvalue weighted by Crippen LogP contribution is -2.57. The number of ether oxygens (including phenoxy) is 1. The molecule has 2 heterocycles. The van der Waals surface area contributed by atoms with Gasteiger partial charge in [-0.1, -0.05) is 12.1 Å². The minimum atomic E-state index is -0.425. The molecule has 1 aromatic rings. The predicted molar refractivity (Wildman–Crippen MR) is 81.8 cm³/mol. The third kappa shape index (κ3) is 3.80. The Hall–Kier alpha value is -2.12. The Labute approximate surface area is 134 Å². The zero-order valence-electron chi connectivity index (χ0n) is 12.7. The minimum absolute atomic E-state index is 0.249. The molecule has 1 fully saturated rings. The van der Waals surface area contributed by atoms with Crippen molar-refractivity contribution in [3.8, 4) is 0 Å². The van der Waals surface area contributed by atoms with E-state index < -0.39 is 5.91 Å². The summed E-state index contributed by atoms with van der Waals surface area (Å²) in [5.74, 6) is -1.05. The number of nitrogens with zero attached hydrogens (tertiary/aromatic N) is 2. The number of carbonyl (C=O) groups excluding carboxylic acids is 1.